The van der Waals surface area contributed by atoms with Gasteiger partial charge in [-0.25, -0.2) is 4.79 Å². The Morgan fingerprint density at radius 3 is 2.81 bits per heavy atom. The van der Waals surface area contributed by atoms with Crippen LogP contribution >= 0.6 is 0 Å². The van der Waals surface area contributed by atoms with Crippen molar-refractivity contribution in [3.63, 3.8) is 0 Å². The topological polar surface area (TPSA) is 64.6 Å². The van der Waals surface area contributed by atoms with E-state index in [9.17, 15) is 9.59 Å². The highest BCUT2D eigenvalue weighted by atomic mass is 16.6. The van der Waals surface area contributed by atoms with E-state index in [-0.39, 0.29) is 19.1 Å². The Kier molecular flexibility index (Phi) is 3.16. The van der Waals surface area contributed by atoms with Crippen molar-refractivity contribution in [2.75, 3.05) is 6.61 Å². The molecule has 0 spiro atoms. The molecule has 1 amide bonds. The average Bonchev–Trinajstić information content (AvgIpc) is 2.32. The van der Waals surface area contributed by atoms with Crippen LogP contribution in [0.1, 0.15) is 5.56 Å². The largest absolute Gasteiger partial charge is 0.452 e. The van der Waals surface area contributed by atoms with E-state index in [2.05, 4.69) is 10.1 Å². The molecule has 1 heterocycles. The monoisotopic (exact) mass is 221 g/mol. The molecule has 0 radical (unpaired) electrons. The van der Waals surface area contributed by atoms with Gasteiger partial charge in [0.1, 0.15) is 0 Å². The van der Waals surface area contributed by atoms with Crippen molar-refractivity contribution < 1.29 is 19.1 Å². The maximum atomic E-state index is 11.2. The number of ether oxygens (including phenoxy) is 2. The molecule has 1 aliphatic heterocycles. The molecule has 0 aromatic heterocycles. The van der Waals surface area contributed by atoms with Crippen LogP contribution < -0.4 is 5.32 Å². The second-order valence-corrected chi connectivity index (χ2v) is 3.35. The molecule has 2 rings (SSSR count). The summed E-state index contributed by atoms with van der Waals surface area (Å²) >= 11 is 0. The van der Waals surface area contributed by atoms with E-state index < -0.39 is 12.2 Å². The summed E-state index contributed by atoms with van der Waals surface area (Å²) in [6.45, 7) is 0.0188. The summed E-state index contributed by atoms with van der Waals surface area (Å²) in [5.74, 6) is -0.909. The first-order valence-corrected chi connectivity index (χ1v) is 4.87. The highest BCUT2D eigenvalue weighted by molar-refractivity contribution is 5.89. The van der Waals surface area contributed by atoms with Crippen molar-refractivity contribution in [3.8, 4) is 0 Å². The van der Waals surface area contributed by atoms with Crippen LogP contribution in [0.15, 0.2) is 30.3 Å². The fraction of sp³-hybridized carbons (Fsp3) is 0.273. The minimum absolute atomic E-state index is 0.232. The highest BCUT2D eigenvalue weighted by Crippen LogP contribution is 2.05. The van der Waals surface area contributed by atoms with Crippen LogP contribution in [0, 0.1) is 0 Å². The summed E-state index contributed by atoms with van der Waals surface area (Å²) in [4.78, 5) is 22.2. The Morgan fingerprint density at radius 2 is 2.06 bits per heavy atom. The Morgan fingerprint density at radius 1 is 1.31 bits per heavy atom. The third kappa shape index (κ3) is 2.58. The lowest BCUT2D eigenvalue weighted by Crippen LogP contribution is -2.50. The number of hydrogen-bond acceptors (Lipinski definition) is 4. The quantitative estimate of drug-likeness (QED) is 0.741. The summed E-state index contributed by atoms with van der Waals surface area (Å²) in [6, 6.07) is 9.37. The van der Waals surface area contributed by atoms with Crippen molar-refractivity contribution in [2.24, 2.45) is 0 Å². The van der Waals surface area contributed by atoms with Crippen LogP contribution in [0.5, 0.6) is 0 Å². The van der Waals surface area contributed by atoms with Gasteiger partial charge in [-0.3, -0.25) is 4.79 Å². The Labute approximate surface area is 92.4 Å². The summed E-state index contributed by atoms with van der Waals surface area (Å²) in [5.41, 5.74) is 0.926. The third-order valence-electron chi connectivity index (χ3n) is 2.11. The van der Waals surface area contributed by atoms with E-state index in [0.717, 1.165) is 5.56 Å². The van der Waals surface area contributed by atoms with Crippen LogP contribution in [0.3, 0.4) is 0 Å². The summed E-state index contributed by atoms with van der Waals surface area (Å²) in [7, 11) is 0. The number of hydrogen-bond donors (Lipinski definition) is 1. The average molecular weight is 221 g/mol. The smallest absolute Gasteiger partial charge is 0.357 e. The standard InChI is InChI=1S/C11H11NO4/c13-9-7-16-11(14)10(12-9)15-6-8-4-2-1-3-5-8/h1-5,10H,6-7H2,(H,12,13)/t10-/m0/s1. The van der Waals surface area contributed by atoms with Gasteiger partial charge in [-0.1, -0.05) is 30.3 Å². The molecule has 1 saturated heterocycles. The van der Waals surface area contributed by atoms with Crippen molar-refractivity contribution >= 4 is 11.9 Å². The first-order chi connectivity index (χ1) is 7.75. The third-order valence-corrected chi connectivity index (χ3v) is 2.11. The van der Waals surface area contributed by atoms with Crippen molar-refractivity contribution in [1.29, 1.82) is 0 Å². The van der Waals surface area contributed by atoms with Crippen LogP contribution in [-0.2, 0) is 25.7 Å². The van der Waals surface area contributed by atoms with Gasteiger partial charge < -0.3 is 14.8 Å². The minimum Gasteiger partial charge on any atom is -0.452 e. The fourth-order valence-electron chi connectivity index (χ4n) is 1.32. The number of esters is 1. The van der Waals surface area contributed by atoms with Crippen molar-refractivity contribution in [2.45, 2.75) is 12.8 Å². The second-order valence-electron chi connectivity index (χ2n) is 3.35. The SMILES string of the molecule is O=C1COC(=O)[C@H](OCc2ccccc2)N1. The molecule has 16 heavy (non-hydrogen) atoms. The van der Waals surface area contributed by atoms with Crippen molar-refractivity contribution in [3.05, 3.63) is 35.9 Å². The molecule has 84 valence electrons. The highest BCUT2D eigenvalue weighted by Gasteiger charge is 2.28. The molecule has 1 N–H and O–H groups in total. The van der Waals surface area contributed by atoms with Crippen LogP contribution in [0.4, 0.5) is 0 Å². The molecule has 5 nitrogen and oxygen atoms in total. The van der Waals surface area contributed by atoms with Gasteiger partial charge in [0, 0.05) is 0 Å². The van der Waals surface area contributed by atoms with Gasteiger partial charge in [0.2, 0.25) is 6.23 Å². The number of morpholine rings is 1. The van der Waals surface area contributed by atoms with E-state index in [1.54, 1.807) is 0 Å². The van der Waals surface area contributed by atoms with Gasteiger partial charge in [0.15, 0.2) is 6.61 Å². The fourth-order valence-corrected chi connectivity index (χ4v) is 1.32. The van der Waals surface area contributed by atoms with Crippen LogP contribution in [0.2, 0.25) is 0 Å². The molecule has 1 fully saturated rings. The number of rotatable bonds is 3. The molecule has 1 atom stereocenters. The maximum absolute atomic E-state index is 11.2. The van der Waals surface area contributed by atoms with E-state index in [4.69, 9.17) is 4.74 Å². The summed E-state index contributed by atoms with van der Waals surface area (Å²) < 4.78 is 9.86. The minimum atomic E-state index is -0.999. The first-order valence-electron chi connectivity index (χ1n) is 4.87. The van der Waals surface area contributed by atoms with Crippen LogP contribution in [0.25, 0.3) is 0 Å². The lowest BCUT2D eigenvalue weighted by atomic mass is 10.2. The van der Waals surface area contributed by atoms with Gasteiger partial charge >= 0.3 is 5.97 Å². The lowest BCUT2D eigenvalue weighted by molar-refractivity contribution is -0.172. The molecular weight excluding hydrogens is 210 g/mol. The molecular formula is C11H11NO4. The first kappa shape index (κ1) is 10.6. The zero-order valence-corrected chi connectivity index (χ0v) is 8.51. The molecule has 0 saturated carbocycles. The van der Waals surface area contributed by atoms with Gasteiger partial charge in [-0.05, 0) is 5.56 Å². The van der Waals surface area contributed by atoms with E-state index >= 15 is 0 Å². The molecule has 0 aliphatic carbocycles. The number of amides is 1. The lowest BCUT2D eigenvalue weighted by Gasteiger charge is -2.22. The Bertz CT molecular complexity index is 390. The molecule has 1 aliphatic rings. The molecule has 1 aromatic rings. The number of cyclic esters (lactones) is 1. The van der Waals surface area contributed by atoms with Gasteiger partial charge in [0.05, 0.1) is 6.61 Å². The molecule has 0 bridgehead atoms. The maximum Gasteiger partial charge on any atom is 0.357 e. The van der Waals surface area contributed by atoms with Gasteiger partial charge in [-0.15, -0.1) is 0 Å². The molecule has 1 aromatic carbocycles. The van der Waals surface area contributed by atoms with E-state index in [1.807, 2.05) is 30.3 Å². The number of carbonyl (C=O) groups is 2. The Balaban J connectivity index is 1.90. The Hall–Kier alpha value is -1.88. The molecule has 0 unspecified atom stereocenters. The van der Waals surface area contributed by atoms with Crippen LogP contribution in [-0.4, -0.2) is 24.7 Å². The predicted molar refractivity (Wildman–Crippen MR) is 54.1 cm³/mol. The normalized spacial score (nSPS) is 20.1. The van der Waals surface area contributed by atoms with Crippen molar-refractivity contribution in [1.82, 2.24) is 5.32 Å². The summed E-state index contributed by atoms with van der Waals surface area (Å²) in [5, 5.41) is 2.40. The second kappa shape index (κ2) is 4.76. The van der Waals surface area contributed by atoms with Gasteiger partial charge in [0.25, 0.3) is 5.91 Å². The zero-order chi connectivity index (χ0) is 11.4. The number of carbonyl (C=O) groups excluding carboxylic acids is 2. The predicted octanol–water partition coefficient (Wildman–Crippen LogP) is 0.202. The number of benzene rings is 1. The summed E-state index contributed by atoms with van der Waals surface area (Å²) in [6.07, 6.45) is -0.999. The van der Waals surface area contributed by atoms with Gasteiger partial charge in [-0.2, -0.15) is 0 Å². The zero-order valence-electron chi connectivity index (χ0n) is 8.51. The van der Waals surface area contributed by atoms with E-state index in [0.29, 0.717) is 0 Å². The van der Waals surface area contributed by atoms with E-state index in [1.165, 1.54) is 0 Å². The molecule has 5 heteroatoms. The number of nitrogens with one attached hydrogen (secondary N) is 1.